The predicted octanol–water partition coefficient (Wildman–Crippen LogP) is 3.96. The van der Waals surface area contributed by atoms with E-state index in [2.05, 4.69) is 17.5 Å². The van der Waals surface area contributed by atoms with E-state index < -0.39 is 0 Å². The number of para-hydroxylation sites is 1. The van der Waals surface area contributed by atoms with Gasteiger partial charge in [0.15, 0.2) is 0 Å². The Balaban J connectivity index is 1.33. The van der Waals surface area contributed by atoms with E-state index in [1.807, 2.05) is 37.3 Å². The zero-order valence-corrected chi connectivity index (χ0v) is 16.6. The van der Waals surface area contributed by atoms with Crippen LogP contribution in [0.15, 0.2) is 66.8 Å². The van der Waals surface area contributed by atoms with Crippen LogP contribution in [-0.4, -0.2) is 17.7 Å². The summed E-state index contributed by atoms with van der Waals surface area (Å²) in [6.07, 6.45) is 8.24. The Kier molecular flexibility index (Phi) is 4.39. The number of carbonyl (C=O) groups excluding carboxylic acids is 3. The predicted molar refractivity (Wildman–Crippen MR) is 115 cm³/mol. The quantitative estimate of drug-likeness (QED) is 0.482. The molecular weight excluding hydrogens is 376 g/mol. The van der Waals surface area contributed by atoms with Gasteiger partial charge in [-0.1, -0.05) is 42.5 Å². The highest BCUT2D eigenvalue weighted by molar-refractivity contribution is 6.22. The topological polar surface area (TPSA) is 66.5 Å². The molecule has 3 amide bonds. The second-order valence-electron chi connectivity index (χ2n) is 8.24. The van der Waals surface area contributed by atoms with Crippen LogP contribution in [-0.2, 0) is 14.4 Å². The van der Waals surface area contributed by atoms with Crippen molar-refractivity contribution in [1.29, 1.82) is 0 Å². The molecule has 1 heterocycles. The molecular formula is C25H22N2O3. The number of imide groups is 1. The van der Waals surface area contributed by atoms with E-state index in [9.17, 15) is 14.4 Å². The second-order valence-corrected chi connectivity index (χ2v) is 8.24. The van der Waals surface area contributed by atoms with Gasteiger partial charge in [-0.3, -0.25) is 14.4 Å². The van der Waals surface area contributed by atoms with Gasteiger partial charge in [0.2, 0.25) is 17.7 Å². The molecule has 5 rings (SSSR count). The minimum atomic E-state index is -0.236. The van der Waals surface area contributed by atoms with Crippen LogP contribution in [0.3, 0.4) is 0 Å². The van der Waals surface area contributed by atoms with Crippen molar-refractivity contribution < 1.29 is 14.4 Å². The maximum atomic E-state index is 13.0. The number of anilines is 2. The zero-order chi connectivity index (χ0) is 20.8. The highest BCUT2D eigenvalue weighted by atomic mass is 16.2. The van der Waals surface area contributed by atoms with Gasteiger partial charge >= 0.3 is 0 Å². The first kappa shape index (κ1) is 18.6. The Bertz CT molecular complexity index is 1090. The number of amides is 3. The van der Waals surface area contributed by atoms with E-state index >= 15 is 0 Å². The van der Waals surface area contributed by atoms with E-state index in [1.54, 1.807) is 24.3 Å². The highest BCUT2D eigenvalue weighted by Crippen LogP contribution is 2.53. The molecule has 0 aromatic heterocycles. The fourth-order valence-corrected chi connectivity index (χ4v) is 4.98. The molecule has 1 saturated heterocycles. The third-order valence-corrected chi connectivity index (χ3v) is 6.43. The van der Waals surface area contributed by atoms with E-state index in [4.69, 9.17) is 0 Å². The van der Waals surface area contributed by atoms with E-state index in [0.717, 1.165) is 23.2 Å². The Hall–Kier alpha value is -3.47. The van der Waals surface area contributed by atoms with Gasteiger partial charge in [0.05, 0.1) is 17.5 Å². The minimum Gasteiger partial charge on any atom is -0.322 e. The maximum Gasteiger partial charge on any atom is 0.248 e. The number of hydrogen-bond donors (Lipinski definition) is 1. The molecule has 1 N–H and O–H groups in total. The van der Waals surface area contributed by atoms with Gasteiger partial charge in [-0.25, -0.2) is 4.90 Å². The smallest absolute Gasteiger partial charge is 0.248 e. The van der Waals surface area contributed by atoms with Gasteiger partial charge in [0.1, 0.15) is 0 Å². The molecule has 5 heteroatoms. The Morgan fingerprint density at radius 1 is 1.00 bits per heavy atom. The standard InChI is InChI=1S/C25H22N2O3/c1-15-5-2-3-8-20(15)26-21(28)12-9-16-6-4-7-19(13-16)27-24(29)22-17-10-11-18(14-17)23(22)25(27)30/h2-13,17-18,22-23H,14H2,1H3,(H,26,28)/b12-9+/t17-,18-,22-,23+/m1/s1. The highest BCUT2D eigenvalue weighted by Gasteiger charge is 2.59. The fourth-order valence-electron chi connectivity index (χ4n) is 4.98. The monoisotopic (exact) mass is 398 g/mol. The number of nitrogens with zero attached hydrogens (tertiary/aromatic N) is 1. The number of aryl methyl sites for hydroxylation is 1. The summed E-state index contributed by atoms with van der Waals surface area (Å²) in [6, 6.07) is 14.8. The summed E-state index contributed by atoms with van der Waals surface area (Å²) in [4.78, 5) is 39.6. The number of rotatable bonds is 4. The van der Waals surface area contributed by atoms with Gasteiger partial charge in [-0.15, -0.1) is 0 Å². The summed E-state index contributed by atoms with van der Waals surface area (Å²) in [5.74, 6) is -0.483. The van der Waals surface area contributed by atoms with Crippen molar-refractivity contribution in [2.24, 2.45) is 23.7 Å². The SMILES string of the molecule is Cc1ccccc1NC(=O)/C=C/c1cccc(N2C(=O)[C@@H]3[C@H](C2=O)[C@@H]2C=C[C@@H]3C2)c1. The number of fused-ring (bicyclic) bond motifs is 5. The zero-order valence-electron chi connectivity index (χ0n) is 16.6. The molecule has 2 aromatic carbocycles. The molecule has 2 aliphatic carbocycles. The minimum absolute atomic E-state index is 0.0970. The van der Waals surface area contributed by atoms with Gasteiger partial charge < -0.3 is 5.32 Å². The number of benzene rings is 2. The first-order valence-electron chi connectivity index (χ1n) is 10.2. The number of nitrogens with one attached hydrogen (secondary N) is 1. The number of allylic oxidation sites excluding steroid dienone is 2. The lowest BCUT2D eigenvalue weighted by molar-refractivity contribution is -0.123. The molecule has 0 spiro atoms. The fraction of sp³-hybridized carbons (Fsp3) is 0.240. The van der Waals surface area contributed by atoms with Crippen LogP contribution in [0.1, 0.15) is 17.5 Å². The van der Waals surface area contributed by atoms with Crippen molar-refractivity contribution in [3.63, 3.8) is 0 Å². The molecule has 1 aliphatic heterocycles. The molecule has 150 valence electrons. The van der Waals surface area contributed by atoms with Crippen LogP contribution in [0, 0.1) is 30.6 Å². The molecule has 3 aliphatic rings. The van der Waals surface area contributed by atoms with Crippen molar-refractivity contribution in [3.8, 4) is 0 Å². The van der Waals surface area contributed by atoms with E-state index in [-0.39, 0.29) is 41.4 Å². The first-order valence-corrected chi connectivity index (χ1v) is 10.2. The van der Waals surface area contributed by atoms with E-state index in [0.29, 0.717) is 5.69 Å². The normalized spacial score (nSPS) is 26.6. The molecule has 2 aromatic rings. The summed E-state index contributed by atoms with van der Waals surface area (Å²) < 4.78 is 0. The summed E-state index contributed by atoms with van der Waals surface area (Å²) >= 11 is 0. The van der Waals surface area contributed by atoms with Crippen molar-refractivity contribution in [1.82, 2.24) is 0 Å². The van der Waals surface area contributed by atoms with Crippen molar-refractivity contribution in [3.05, 3.63) is 77.9 Å². The summed E-state index contributed by atoms with van der Waals surface area (Å²) in [6.45, 7) is 1.93. The maximum absolute atomic E-state index is 13.0. The molecule has 2 bridgehead atoms. The summed E-state index contributed by atoms with van der Waals surface area (Å²) in [5.41, 5.74) is 3.08. The van der Waals surface area contributed by atoms with Crippen molar-refractivity contribution >= 4 is 35.2 Å². The average Bonchev–Trinajstić information content (AvgIpc) is 3.42. The Labute approximate surface area is 175 Å². The molecule has 5 nitrogen and oxygen atoms in total. The lowest BCUT2D eigenvalue weighted by Crippen LogP contribution is -2.32. The summed E-state index contributed by atoms with van der Waals surface area (Å²) in [7, 11) is 0. The van der Waals surface area contributed by atoms with Crippen molar-refractivity contribution in [2.75, 3.05) is 10.2 Å². The van der Waals surface area contributed by atoms with Gasteiger partial charge in [-0.05, 0) is 60.6 Å². The number of hydrogen-bond acceptors (Lipinski definition) is 3. The first-order chi connectivity index (χ1) is 14.5. The Morgan fingerprint density at radius 3 is 2.40 bits per heavy atom. The van der Waals surface area contributed by atoms with Crippen LogP contribution < -0.4 is 10.2 Å². The lowest BCUT2D eigenvalue weighted by Gasteiger charge is -2.17. The van der Waals surface area contributed by atoms with Crippen LogP contribution in [0.2, 0.25) is 0 Å². The van der Waals surface area contributed by atoms with Crippen molar-refractivity contribution in [2.45, 2.75) is 13.3 Å². The Morgan fingerprint density at radius 2 is 1.70 bits per heavy atom. The molecule has 30 heavy (non-hydrogen) atoms. The van der Waals surface area contributed by atoms with Crippen LogP contribution in [0.4, 0.5) is 11.4 Å². The van der Waals surface area contributed by atoms with Gasteiger partial charge in [-0.2, -0.15) is 0 Å². The van der Waals surface area contributed by atoms with Crippen LogP contribution in [0.5, 0.6) is 0 Å². The summed E-state index contributed by atoms with van der Waals surface area (Å²) in [5, 5.41) is 2.86. The molecule has 2 fully saturated rings. The largest absolute Gasteiger partial charge is 0.322 e. The molecule has 1 saturated carbocycles. The average molecular weight is 398 g/mol. The van der Waals surface area contributed by atoms with Crippen LogP contribution >= 0.6 is 0 Å². The number of carbonyl (C=O) groups is 3. The van der Waals surface area contributed by atoms with Crippen LogP contribution in [0.25, 0.3) is 6.08 Å². The molecule has 4 atom stereocenters. The molecule has 0 unspecified atom stereocenters. The second kappa shape index (κ2) is 7.10. The van der Waals surface area contributed by atoms with Gasteiger partial charge in [0, 0.05) is 11.8 Å². The lowest BCUT2D eigenvalue weighted by atomic mass is 9.85. The molecule has 0 radical (unpaired) electrons. The van der Waals surface area contributed by atoms with E-state index in [1.165, 1.54) is 11.0 Å². The third kappa shape index (κ3) is 2.98. The van der Waals surface area contributed by atoms with Gasteiger partial charge in [0.25, 0.3) is 0 Å². The third-order valence-electron chi connectivity index (χ3n) is 6.43.